The van der Waals surface area contributed by atoms with E-state index in [1.807, 2.05) is 68.4 Å². The molecule has 6 heteroatoms. The monoisotopic (exact) mass is 360 g/mol. The van der Waals surface area contributed by atoms with E-state index in [-0.39, 0.29) is 25.0 Å². The number of aryl methyl sites for hydroxylation is 1. The van der Waals surface area contributed by atoms with Gasteiger partial charge < -0.3 is 5.32 Å². The maximum absolute atomic E-state index is 12.3. The van der Waals surface area contributed by atoms with Crippen molar-refractivity contribution in [2.75, 3.05) is 12.8 Å². The highest BCUT2D eigenvalue weighted by Crippen LogP contribution is 2.13. The van der Waals surface area contributed by atoms with Crippen LogP contribution in [0, 0.1) is 6.92 Å². The number of sulfonamides is 1. The van der Waals surface area contributed by atoms with Crippen molar-refractivity contribution in [2.45, 2.75) is 26.4 Å². The van der Waals surface area contributed by atoms with Gasteiger partial charge in [-0.1, -0.05) is 60.2 Å². The van der Waals surface area contributed by atoms with Gasteiger partial charge in [-0.3, -0.25) is 4.79 Å². The molecule has 0 fully saturated rings. The van der Waals surface area contributed by atoms with Crippen LogP contribution in [0.5, 0.6) is 0 Å². The van der Waals surface area contributed by atoms with Gasteiger partial charge in [-0.25, -0.2) is 8.42 Å². The number of hydrogen-bond acceptors (Lipinski definition) is 3. The van der Waals surface area contributed by atoms with Crippen molar-refractivity contribution in [3.63, 3.8) is 0 Å². The quantitative estimate of drug-likeness (QED) is 0.825. The summed E-state index contributed by atoms with van der Waals surface area (Å²) >= 11 is 0. The molecule has 0 aliphatic heterocycles. The van der Waals surface area contributed by atoms with Crippen molar-refractivity contribution >= 4 is 15.9 Å². The van der Waals surface area contributed by atoms with E-state index in [1.165, 1.54) is 4.31 Å². The van der Waals surface area contributed by atoms with Crippen LogP contribution in [0.2, 0.25) is 0 Å². The number of amides is 1. The summed E-state index contributed by atoms with van der Waals surface area (Å²) in [7, 11) is -3.49. The van der Waals surface area contributed by atoms with Gasteiger partial charge in [0.15, 0.2) is 0 Å². The SMILES string of the molecule is Cc1ccc([C@@H](C)NC(=O)CN(Cc2ccccc2)S(C)(=O)=O)cc1. The van der Waals surface area contributed by atoms with E-state index in [1.54, 1.807) is 0 Å². The van der Waals surface area contributed by atoms with E-state index in [4.69, 9.17) is 0 Å². The second-order valence-corrected chi connectivity index (χ2v) is 8.20. The van der Waals surface area contributed by atoms with Crippen LogP contribution < -0.4 is 5.32 Å². The Kier molecular flexibility index (Phi) is 6.33. The first kappa shape index (κ1) is 19.1. The van der Waals surface area contributed by atoms with Crippen LogP contribution in [0.15, 0.2) is 54.6 Å². The summed E-state index contributed by atoms with van der Waals surface area (Å²) in [5.41, 5.74) is 2.97. The van der Waals surface area contributed by atoms with Crippen molar-refractivity contribution in [3.05, 3.63) is 71.3 Å². The minimum atomic E-state index is -3.49. The molecule has 2 rings (SSSR count). The molecule has 1 N–H and O–H groups in total. The molecule has 0 heterocycles. The lowest BCUT2D eigenvalue weighted by molar-refractivity contribution is -0.122. The maximum atomic E-state index is 12.3. The lowest BCUT2D eigenvalue weighted by atomic mass is 10.1. The molecule has 0 spiro atoms. The summed E-state index contributed by atoms with van der Waals surface area (Å²) in [6.07, 6.45) is 1.12. The van der Waals surface area contributed by atoms with Crippen LogP contribution in [0.25, 0.3) is 0 Å². The van der Waals surface area contributed by atoms with Crippen LogP contribution in [-0.4, -0.2) is 31.4 Å². The Morgan fingerprint density at radius 1 is 1.08 bits per heavy atom. The summed E-state index contributed by atoms with van der Waals surface area (Å²) in [6, 6.07) is 16.9. The average Bonchev–Trinajstić information content (AvgIpc) is 2.55. The van der Waals surface area contributed by atoms with Crippen molar-refractivity contribution in [1.82, 2.24) is 9.62 Å². The van der Waals surface area contributed by atoms with Gasteiger partial charge >= 0.3 is 0 Å². The standard InChI is InChI=1S/C19H24N2O3S/c1-15-9-11-18(12-10-15)16(2)20-19(22)14-21(25(3,23)24)13-17-7-5-4-6-8-17/h4-12,16H,13-14H2,1-3H3,(H,20,22)/t16-/m1/s1. The maximum Gasteiger partial charge on any atom is 0.235 e. The van der Waals surface area contributed by atoms with E-state index < -0.39 is 10.0 Å². The Hall–Kier alpha value is -2.18. The molecule has 25 heavy (non-hydrogen) atoms. The van der Waals surface area contributed by atoms with E-state index in [0.29, 0.717) is 0 Å². The molecule has 0 saturated heterocycles. The van der Waals surface area contributed by atoms with E-state index in [0.717, 1.165) is 22.9 Å². The van der Waals surface area contributed by atoms with Gasteiger partial charge in [-0.05, 0) is 25.0 Å². The fraction of sp³-hybridized carbons (Fsp3) is 0.316. The summed E-state index contributed by atoms with van der Waals surface area (Å²) in [5.74, 6) is -0.325. The highest BCUT2D eigenvalue weighted by Gasteiger charge is 2.21. The topological polar surface area (TPSA) is 66.5 Å². The molecule has 1 atom stereocenters. The molecule has 0 radical (unpaired) electrons. The number of nitrogens with zero attached hydrogens (tertiary/aromatic N) is 1. The van der Waals surface area contributed by atoms with Crippen molar-refractivity contribution in [1.29, 1.82) is 0 Å². The predicted molar refractivity (Wildman–Crippen MR) is 99.4 cm³/mol. The van der Waals surface area contributed by atoms with Gasteiger partial charge in [0.2, 0.25) is 15.9 Å². The Balaban J connectivity index is 2.03. The van der Waals surface area contributed by atoms with Gasteiger partial charge in [-0.15, -0.1) is 0 Å². The van der Waals surface area contributed by atoms with E-state index in [2.05, 4.69) is 5.32 Å². The van der Waals surface area contributed by atoms with Crippen LogP contribution in [0.1, 0.15) is 29.7 Å². The van der Waals surface area contributed by atoms with Gasteiger partial charge in [0.05, 0.1) is 18.8 Å². The van der Waals surface area contributed by atoms with Gasteiger partial charge in [0.25, 0.3) is 0 Å². The minimum Gasteiger partial charge on any atom is -0.348 e. The summed E-state index contributed by atoms with van der Waals surface area (Å²) in [5, 5.41) is 2.86. The first-order valence-corrected chi connectivity index (χ1v) is 9.95. The molecule has 2 aromatic rings. The van der Waals surface area contributed by atoms with Crippen molar-refractivity contribution in [2.24, 2.45) is 0 Å². The number of benzene rings is 2. The highest BCUT2D eigenvalue weighted by atomic mass is 32.2. The number of hydrogen-bond donors (Lipinski definition) is 1. The van der Waals surface area contributed by atoms with Gasteiger partial charge in [0.1, 0.15) is 0 Å². The second-order valence-electron chi connectivity index (χ2n) is 6.22. The molecule has 134 valence electrons. The Bertz CT molecular complexity index is 802. The molecule has 0 aromatic heterocycles. The number of carbonyl (C=O) groups is 1. The molecule has 0 aliphatic carbocycles. The zero-order chi connectivity index (χ0) is 18.4. The normalized spacial score (nSPS) is 12.8. The van der Waals surface area contributed by atoms with Crippen molar-refractivity contribution in [3.8, 4) is 0 Å². The Morgan fingerprint density at radius 3 is 2.24 bits per heavy atom. The summed E-state index contributed by atoms with van der Waals surface area (Å²) in [6.45, 7) is 3.85. The second kappa shape index (κ2) is 8.27. The van der Waals surface area contributed by atoms with Crippen LogP contribution in [0.3, 0.4) is 0 Å². The number of nitrogens with one attached hydrogen (secondary N) is 1. The fourth-order valence-corrected chi connectivity index (χ4v) is 3.20. The third-order valence-corrected chi connectivity index (χ3v) is 5.14. The smallest absolute Gasteiger partial charge is 0.235 e. The van der Waals surface area contributed by atoms with Crippen LogP contribution in [0.4, 0.5) is 0 Å². The van der Waals surface area contributed by atoms with Gasteiger partial charge in [0, 0.05) is 6.54 Å². The molecule has 1 amide bonds. The molecule has 0 aliphatic rings. The summed E-state index contributed by atoms with van der Waals surface area (Å²) in [4.78, 5) is 12.3. The average molecular weight is 360 g/mol. The van der Waals surface area contributed by atoms with Crippen molar-refractivity contribution < 1.29 is 13.2 Å². The number of carbonyl (C=O) groups excluding carboxylic acids is 1. The predicted octanol–water partition coefficient (Wildman–Crippen LogP) is 2.63. The molecule has 0 bridgehead atoms. The molecular formula is C19H24N2O3S. The van der Waals surface area contributed by atoms with Gasteiger partial charge in [-0.2, -0.15) is 4.31 Å². The van der Waals surface area contributed by atoms with Crippen LogP contribution in [-0.2, 0) is 21.4 Å². The lowest BCUT2D eigenvalue weighted by Gasteiger charge is -2.21. The first-order chi connectivity index (χ1) is 11.8. The molecular weight excluding hydrogens is 336 g/mol. The Labute approximate surface area is 149 Å². The zero-order valence-electron chi connectivity index (χ0n) is 14.8. The zero-order valence-corrected chi connectivity index (χ0v) is 15.6. The molecule has 0 unspecified atom stereocenters. The third-order valence-electron chi connectivity index (χ3n) is 3.95. The molecule has 5 nitrogen and oxygen atoms in total. The molecule has 0 saturated carbocycles. The summed E-state index contributed by atoms with van der Waals surface area (Å²) < 4.78 is 25.2. The first-order valence-electron chi connectivity index (χ1n) is 8.10. The Morgan fingerprint density at radius 2 is 1.68 bits per heavy atom. The minimum absolute atomic E-state index is 0.173. The van der Waals surface area contributed by atoms with E-state index in [9.17, 15) is 13.2 Å². The highest BCUT2D eigenvalue weighted by molar-refractivity contribution is 7.88. The molecule has 2 aromatic carbocycles. The lowest BCUT2D eigenvalue weighted by Crippen LogP contribution is -2.40. The third kappa shape index (κ3) is 5.99. The van der Waals surface area contributed by atoms with E-state index >= 15 is 0 Å². The van der Waals surface area contributed by atoms with Crippen LogP contribution >= 0.6 is 0 Å². The largest absolute Gasteiger partial charge is 0.348 e. The number of rotatable bonds is 7. The fourth-order valence-electron chi connectivity index (χ4n) is 2.46.